The van der Waals surface area contributed by atoms with Crippen LogP contribution in [0.25, 0.3) is 0 Å². The van der Waals surface area contributed by atoms with Crippen LogP contribution in [0.1, 0.15) is 50.5 Å². The number of methoxy groups -OCH3 is 1. The molecule has 0 aliphatic rings. The molecule has 0 fully saturated rings. The average Bonchev–Trinajstić information content (AvgIpc) is 2.50. The predicted molar refractivity (Wildman–Crippen MR) is 83.6 cm³/mol. The zero-order chi connectivity index (χ0) is 14.5. The third-order valence-electron chi connectivity index (χ3n) is 3.33. The van der Waals surface area contributed by atoms with Crippen LogP contribution in [0.15, 0.2) is 42.5 Å². The van der Waals surface area contributed by atoms with Crippen molar-refractivity contribution in [3.05, 3.63) is 48.0 Å². The first-order valence-corrected chi connectivity index (χ1v) is 7.58. The monoisotopic (exact) mass is 274 g/mol. The van der Waals surface area contributed by atoms with Crippen LogP contribution in [0.2, 0.25) is 0 Å². The van der Waals surface area contributed by atoms with Gasteiger partial charge in [-0.25, -0.2) is 0 Å². The van der Waals surface area contributed by atoms with Crippen molar-refractivity contribution in [1.29, 1.82) is 0 Å². The van der Waals surface area contributed by atoms with Crippen LogP contribution in [0, 0.1) is 0 Å². The quantitative estimate of drug-likeness (QED) is 0.351. The fraction of sp³-hybridized carbons (Fsp3) is 0.500. The van der Waals surface area contributed by atoms with E-state index >= 15 is 0 Å². The zero-order valence-electron chi connectivity index (χ0n) is 12.5. The first-order valence-electron chi connectivity index (χ1n) is 7.58. The molecule has 0 unspecified atom stereocenters. The fourth-order valence-electron chi connectivity index (χ4n) is 2.11. The third kappa shape index (κ3) is 8.52. The van der Waals surface area contributed by atoms with Gasteiger partial charge in [0.05, 0.1) is 7.11 Å². The lowest BCUT2D eigenvalue weighted by atomic mass is 10.1. The Bertz CT molecular complexity index is 382. The van der Waals surface area contributed by atoms with Crippen molar-refractivity contribution in [2.45, 2.75) is 51.4 Å². The minimum absolute atomic E-state index is 0.0959. The molecule has 0 saturated heterocycles. The van der Waals surface area contributed by atoms with E-state index in [1.807, 2.05) is 0 Å². The van der Waals surface area contributed by atoms with Gasteiger partial charge in [-0.1, -0.05) is 48.9 Å². The lowest BCUT2D eigenvalue weighted by Gasteiger charge is -1.99. The van der Waals surface area contributed by atoms with Crippen molar-refractivity contribution in [1.82, 2.24) is 0 Å². The van der Waals surface area contributed by atoms with Gasteiger partial charge in [-0.05, 0) is 44.1 Å². The van der Waals surface area contributed by atoms with Gasteiger partial charge in [-0.2, -0.15) is 0 Å². The summed E-state index contributed by atoms with van der Waals surface area (Å²) in [6.45, 7) is 0. The van der Waals surface area contributed by atoms with Crippen LogP contribution in [0.5, 0.6) is 0 Å². The van der Waals surface area contributed by atoms with E-state index in [9.17, 15) is 4.79 Å². The number of carbonyl (C=O) groups is 1. The summed E-state index contributed by atoms with van der Waals surface area (Å²) in [6.07, 6.45) is 12.9. The van der Waals surface area contributed by atoms with Gasteiger partial charge in [0.2, 0.25) is 0 Å². The lowest BCUT2D eigenvalue weighted by Crippen LogP contribution is -1.98. The second kappa shape index (κ2) is 11.3. The van der Waals surface area contributed by atoms with Crippen LogP contribution in [-0.4, -0.2) is 13.1 Å². The molecule has 110 valence electrons. The van der Waals surface area contributed by atoms with Crippen LogP contribution in [-0.2, 0) is 16.0 Å². The van der Waals surface area contributed by atoms with Gasteiger partial charge in [-0.3, -0.25) is 4.79 Å². The first-order chi connectivity index (χ1) is 9.83. The molecule has 2 nitrogen and oxygen atoms in total. The first kappa shape index (κ1) is 16.5. The summed E-state index contributed by atoms with van der Waals surface area (Å²) in [6, 6.07) is 10.6. The van der Waals surface area contributed by atoms with E-state index in [0.29, 0.717) is 6.42 Å². The van der Waals surface area contributed by atoms with Gasteiger partial charge in [0.15, 0.2) is 0 Å². The van der Waals surface area contributed by atoms with Crippen molar-refractivity contribution in [3.63, 3.8) is 0 Å². The van der Waals surface area contributed by atoms with Crippen LogP contribution in [0.3, 0.4) is 0 Å². The maximum absolute atomic E-state index is 10.9. The summed E-state index contributed by atoms with van der Waals surface area (Å²) in [7, 11) is 1.44. The molecule has 0 aliphatic heterocycles. The van der Waals surface area contributed by atoms with Crippen molar-refractivity contribution >= 4 is 5.97 Å². The van der Waals surface area contributed by atoms with Crippen molar-refractivity contribution in [3.8, 4) is 0 Å². The molecule has 0 N–H and O–H groups in total. The topological polar surface area (TPSA) is 26.3 Å². The van der Waals surface area contributed by atoms with Gasteiger partial charge in [-0.15, -0.1) is 0 Å². The molecule has 0 amide bonds. The molecular weight excluding hydrogens is 248 g/mol. The Balaban J connectivity index is 1.91. The van der Waals surface area contributed by atoms with Gasteiger partial charge in [0.1, 0.15) is 0 Å². The normalized spacial score (nSPS) is 10.8. The van der Waals surface area contributed by atoms with Gasteiger partial charge >= 0.3 is 5.97 Å². The molecule has 1 aromatic carbocycles. The number of rotatable bonds is 10. The van der Waals surface area contributed by atoms with Crippen LogP contribution in [0.4, 0.5) is 0 Å². The molecule has 1 aromatic rings. The van der Waals surface area contributed by atoms with E-state index < -0.39 is 0 Å². The van der Waals surface area contributed by atoms with Crippen molar-refractivity contribution < 1.29 is 9.53 Å². The number of allylic oxidation sites excluding steroid dienone is 2. The molecule has 2 heteroatoms. The highest BCUT2D eigenvalue weighted by molar-refractivity contribution is 5.68. The smallest absolute Gasteiger partial charge is 0.305 e. The highest BCUT2D eigenvalue weighted by Crippen LogP contribution is 2.07. The van der Waals surface area contributed by atoms with E-state index in [2.05, 4.69) is 47.2 Å². The van der Waals surface area contributed by atoms with E-state index in [1.54, 1.807) is 0 Å². The predicted octanol–water partition coefficient (Wildman–Crippen LogP) is 4.69. The summed E-state index contributed by atoms with van der Waals surface area (Å²) in [4.78, 5) is 10.9. The van der Waals surface area contributed by atoms with Crippen molar-refractivity contribution in [2.75, 3.05) is 7.11 Å². The molecule has 0 aliphatic carbocycles. The average molecular weight is 274 g/mol. The van der Waals surface area contributed by atoms with E-state index in [4.69, 9.17) is 0 Å². The third-order valence-corrected chi connectivity index (χ3v) is 3.33. The fourth-order valence-corrected chi connectivity index (χ4v) is 2.11. The number of hydrogen-bond donors (Lipinski definition) is 0. The molecule has 0 saturated carbocycles. The standard InChI is InChI=1S/C18H26O2/c1-20-18(19)16-12-7-5-3-2-4-6-9-13-17-14-10-8-11-15-17/h2,4,8,10-11,14-15H,3,5-7,9,12-13,16H2,1H3/b4-2+. The minimum Gasteiger partial charge on any atom is -0.469 e. The number of carbonyl (C=O) groups excluding carboxylic acids is 1. The Morgan fingerprint density at radius 1 is 1.00 bits per heavy atom. The SMILES string of the molecule is COC(=O)CCCCC/C=C/CCCc1ccccc1. The molecule has 0 bridgehead atoms. The molecular formula is C18H26O2. The summed E-state index contributed by atoms with van der Waals surface area (Å²) in [5.41, 5.74) is 1.42. The van der Waals surface area contributed by atoms with Crippen LogP contribution < -0.4 is 0 Å². The second-order valence-corrected chi connectivity index (χ2v) is 5.02. The highest BCUT2D eigenvalue weighted by Gasteiger charge is 1.98. The Hall–Kier alpha value is -1.57. The number of hydrogen-bond acceptors (Lipinski definition) is 2. The maximum Gasteiger partial charge on any atom is 0.305 e. The largest absolute Gasteiger partial charge is 0.469 e. The highest BCUT2D eigenvalue weighted by atomic mass is 16.5. The maximum atomic E-state index is 10.9. The van der Waals surface area contributed by atoms with E-state index in [-0.39, 0.29) is 5.97 Å². The van der Waals surface area contributed by atoms with Gasteiger partial charge in [0.25, 0.3) is 0 Å². The van der Waals surface area contributed by atoms with E-state index in [0.717, 1.165) is 38.5 Å². The number of aryl methyl sites for hydroxylation is 1. The lowest BCUT2D eigenvalue weighted by molar-refractivity contribution is -0.140. The van der Waals surface area contributed by atoms with Crippen molar-refractivity contribution in [2.24, 2.45) is 0 Å². The van der Waals surface area contributed by atoms with Gasteiger partial charge < -0.3 is 4.74 Å². The molecule has 20 heavy (non-hydrogen) atoms. The molecule has 1 rings (SSSR count). The Morgan fingerprint density at radius 2 is 1.70 bits per heavy atom. The number of benzene rings is 1. The Morgan fingerprint density at radius 3 is 2.40 bits per heavy atom. The van der Waals surface area contributed by atoms with Gasteiger partial charge in [0, 0.05) is 6.42 Å². The Labute approximate surface area is 122 Å². The summed E-state index contributed by atoms with van der Waals surface area (Å²) in [5.74, 6) is -0.0959. The Kier molecular flexibility index (Phi) is 9.29. The summed E-state index contributed by atoms with van der Waals surface area (Å²) >= 11 is 0. The minimum atomic E-state index is -0.0959. The number of esters is 1. The molecule has 0 atom stereocenters. The van der Waals surface area contributed by atoms with Crippen LogP contribution >= 0.6 is 0 Å². The summed E-state index contributed by atoms with van der Waals surface area (Å²) < 4.78 is 4.61. The molecule has 0 heterocycles. The number of unbranched alkanes of at least 4 members (excludes halogenated alkanes) is 4. The van der Waals surface area contributed by atoms with E-state index in [1.165, 1.54) is 19.1 Å². The molecule has 0 spiro atoms. The molecule has 0 aromatic heterocycles. The number of ether oxygens (including phenoxy) is 1. The second-order valence-electron chi connectivity index (χ2n) is 5.02. The summed E-state index contributed by atoms with van der Waals surface area (Å²) in [5, 5.41) is 0. The molecule has 0 radical (unpaired) electrons. The zero-order valence-corrected chi connectivity index (χ0v) is 12.5.